The molecular formula is C20H27F3N2O2. The predicted molar refractivity (Wildman–Crippen MR) is 95.0 cm³/mol. The monoisotopic (exact) mass is 384 g/mol. The first kappa shape index (κ1) is 20.1. The summed E-state index contributed by atoms with van der Waals surface area (Å²) in [7, 11) is 0. The molecule has 0 bridgehead atoms. The zero-order valence-electron chi connectivity index (χ0n) is 16.0. The van der Waals surface area contributed by atoms with Gasteiger partial charge in [-0.1, -0.05) is 13.8 Å². The van der Waals surface area contributed by atoms with E-state index in [-0.39, 0.29) is 35.5 Å². The minimum atomic E-state index is -4.37. The molecule has 2 atom stereocenters. The first-order valence-electron chi connectivity index (χ1n) is 9.54. The van der Waals surface area contributed by atoms with Crippen LogP contribution in [0.15, 0.2) is 12.1 Å². The van der Waals surface area contributed by atoms with Gasteiger partial charge in [0, 0.05) is 35.8 Å². The number of hydrogen-bond donors (Lipinski definition) is 1. The molecule has 150 valence electrons. The summed E-state index contributed by atoms with van der Waals surface area (Å²) in [6.07, 6.45) is -1.80. The lowest BCUT2D eigenvalue weighted by atomic mass is 9.54. The average Bonchev–Trinajstić information content (AvgIpc) is 2.51. The molecule has 1 aromatic rings. The Morgan fingerprint density at radius 1 is 1.37 bits per heavy atom. The molecule has 27 heavy (non-hydrogen) atoms. The average molecular weight is 384 g/mol. The molecule has 1 aliphatic heterocycles. The van der Waals surface area contributed by atoms with E-state index in [0.717, 1.165) is 32.0 Å². The highest BCUT2D eigenvalue weighted by Crippen LogP contribution is 2.56. The lowest BCUT2D eigenvalue weighted by Gasteiger charge is -2.60. The number of halogens is 3. The highest BCUT2D eigenvalue weighted by molar-refractivity contribution is 5.80. The second-order valence-corrected chi connectivity index (χ2v) is 8.31. The Morgan fingerprint density at radius 2 is 2.00 bits per heavy atom. The third kappa shape index (κ3) is 3.71. The van der Waals surface area contributed by atoms with Crippen molar-refractivity contribution in [1.82, 2.24) is 9.88 Å². The number of aryl methyl sites for hydroxylation is 1. The lowest BCUT2D eigenvalue weighted by molar-refractivity contribution is -0.161. The Morgan fingerprint density at radius 3 is 2.48 bits per heavy atom. The number of aromatic nitrogens is 1. The summed E-state index contributed by atoms with van der Waals surface area (Å²) in [6, 6.07) is 2.63. The standard InChI is InChI=1S/C20H27F3N2O2/c1-4-14(9-26)18(27)25-10-19(11-25)7-15(8-19)12(2)17-6-5-16(13(3)24-17)20(21,22)23/h5-6,12,14-15,26H,4,7-11H2,1-3H3/t12-,14-/m1/s1. The Bertz CT molecular complexity index is 702. The summed E-state index contributed by atoms with van der Waals surface area (Å²) in [4.78, 5) is 18.3. The molecule has 3 rings (SSSR count). The molecule has 1 aliphatic carbocycles. The molecule has 1 spiro atoms. The molecule has 1 N–H and O–H groups in total. The van der Waals surface area contributed by atoms with Crippen molar-refractivity contribution in [2.24, 2.45) is 17.3 Å². The molecule has 2 fully saturated rings. The molecule has 1 saturated carbocycles. The van der Waals surface area contributed by atoms with Gasteiger partial charge < -0.3 is 10.0 Å². The second-order valence-electron chi connectivity index (χ2n) is 8.31. The normalized spacial score (nSPS) is 21.5. The van der Waals surface area contributed by atoms with Crippen LogP contribution in [0.25, 0.3) is 0 Å². The van der Waals surface area contributed by atoms with Crippen molar-refractivity contribution >= 4 is 5.91 Å². The zero-order chi connectivity index (χ0) is 20.0. The van der Waals surface area contributed by atoms with Gasteiger partial charge in [-0.3, -0.25) is 9.78 Å². The van der Waals surface area contributed by atoms with Crippen LogP contribution in [0.5, 0.6) is 0 Å². The summed E-state index contributed by atoms with van der Waals surface area (Å²) in [5, 5.41) is 9.27. The van der Waals surface area contributed by atoms with Gasteiger partial charge in [0.05, 0.1) is 18.1 Å². The number of likely N-dealkylation sites (tertiary alicyclic amines) is 1. The molecule has 0 aromatic carbocycles. The minimum Gasteiger partial charge on any atom is -0.396 e. The van der Waals surface area contributed by atoms with Crippen LogP contribution >= 0.6 is 0 Å². The summed E-state index contributed by atoms with van der Waals surface area (Å²) in [5.74, 6) is 0.200. The van der Waals surface area contributed by atoms with Crippen LogP contribution in [-0.4, -0.2) is 40.6 Å². The first-order chi connectivity index (χ1) is 12.6. The Balaban J connectivity index is 1.56. The van der Waals surface area contributed by atoms with E-state index >= 15 is 0 Å². The third-order valence-corrected chi connectivity index (χ3v) is 6.40. The summed E-state index contributed by atoms with van der Waals surface area (Å²) in [5.41, 5.74) is 0.212. The summed E-state index contributed by atoms with van der Waals surface area (Å²) < 4.78 is 38.7. The van der Waals surface area contributed by atoms with Crippen molar-refractivity contribution < 1.29 is 23.1 Å². The SMILES string of the molecule is CC[C@H](CO)C(=O)N1CC2(CC([C@@H](C)c3ccc(C(F)(F)F)c(C)n3)C2)C1. The number of aliphatic hydroxyl groups excluding tert-OH is 1. The number of nitrogens with zero attached hydrogens (tertiary/aromatic N) is 2. The van der Waals surface area contributed by atoms with Crippen molar-refractivity contribution in [2.45, 2.75) is 52.1 Å². The van der Waals surface area contributed by atoms with Gasteiger partial charge in [0.25, 0.3) is 0 Å². The molecule has 0 unspecified atom stereocenters. The molecule has 4 nitrogen and oxygen atoms in total. The van der Waals surface area contributed by atoms with Crippen LogP contribution in [0.1, 0.15) is 56.0 Å². The van der Waals surface area contributed by atoms with E-state index in [0.29, 0.717) is 18.0 Å². The number of carbonyl (C=O) groups is 1. The van der Waals surface area contributed by atoms with Gasteiger partial charge in [0.15, 0.2) is 0 Å². The number of alkyl halides is 3. The largest absolute Gasteiger partial charge is 0.418 e. The number of amides is 1. The van der Waals surface area contributed by atoms with Crippen LogP contribution < -0.4 is 0 Å². The highest BCUT2D eigenvalue weighted by atomic mass is 19.4. The van der Waals surface area contributed by atoms with Crippen molar-refractivity contribution in [3.8, 4) is 0 Å². The van der Waals surface area contributed by atoms with Crippen LogP contribution in [0.4, 0.5) is 13.2 Å². The van der Waals surface area contributed by atoms with E-state index < -0.39 is 11.7 Å². The van der Waals surface area contributed by atoms with Crippen LogP contribution in [0.2, 0.25) is 0 Å². The predicted octanol–water partition coefficient (Wildman–Crippen LogP) is 3.77. The third-order valence-electron chi connectivity index (χ3n) is 6.40. The molecule has 0 radical (unpaired) electrons. The van der Waals surface area contributed by atoms with Gasteiger partial charge in [-0.05, 0) is 44.2 Å². The fourth-order valence-corrected chi connectivity index (χ4v) is 4.60. The summed E-state index contributed by atoms with van der Waals surface area (Å²) in [6.45, 7) is 6.66. The maximum atomic E-state index is 12.9. The van der Waals surface area contributed by atoms with E-state index in [4.69, 9.17) is 0 Å². The van der Waals surface area contributed by atoms with E-state index in [2.05, 4.69) is 4.98 Å². The molecule has 1 saturated heterocycles. The van der Waals surface area contributed by atoms with Gasteiger partial charge in [-0.2, -0.15) is 13.2 Å². The van der Waals surface area contributed by atoms with Crippen LogP contribution in [0.3, 0.4) is 0 Å². The molecule has 7 heteroatoms. The van der Waals surface area contributed by atoms with Gasteiger partial charge in [-0.15, -0.1) is 0 Å². The van der Waals surface area contributed by atoms with Gasteiger partial charge in [0.2, 0.25) is 5.91 Å². The van der Waals surface area contributed by atoms with Gasteiger partial charge in [-0.25, -0.2) is 0 Å². The minimum absolute atomic E-state index is 0.0240. The lowest BCUT2D eigenvalue weighted by Crippen LogP contribution is -2.65. The Labute approximate surface area is 157 Å². The van der Waals surface area contributed by atoms with Crippen molar-refractivity contribution in [3.63, 3.8) is 0 Å². The summed E-state index contributed by atoms with van der Waals surface area (Å²) >= 11 is 0. The number of carbonyl (C=O) groups excluding carboxylic acids is 1. The van der Waals surface area contributed by atoms with Crippen LogP contribution in [-0.2, 0) is 11.0 Å². The van der Waals surface area contributed by atoms with E-state index in [1.165, 1.54) is 13.0 Å². The fourth-order valence-electron chi connectivity index (χ4n) is 4.60. The molecule has 2 heterocycles. The fraction of sp³-hybridized carbons (Fsp3) is 0.700. The number of rotatable bonds is 5. The zero-order valence-corrected chi connectivity index (χ0v) is 16.0. The topological polar surface area (TPSA) is 53.4 Å². The number of hydrogen-bond acceptors (Lipinski definition) is 3. The molecule has 1 aromatic heterocycles. The number of aliphatic hydroxyl groups is 1. The maximum absolute atomic E-state index is 12.9. The van der Waals surface area contributed by atoms with E-state index in [9.17, 15) is 23.1 Å². The smallest absolute Gasteiger partial charge is 0.396 e. The molecular weight excluding hydrogens is 357 g/mol. The first-order valence-corrected chi connectivity index (χ1v) is 9.54. The van der Waals surface area contributed by atoms with Gasteiger partial charge in [0.1, 0.15) is 0 Å². The van der Waals surface area contributed by atoms with Crippen molar-refractivity contribution in [3.05, 3.63) is 29.1 Å². The quantitative estimate of drug-likeness (QED) is 0.841. The number of pyridine rings is 1. The van der Waals surface area contributed by atoms with E-state index in [1.54, 1.807) is 0 Å². The highest BCUT2D eigenvalue weighted by Gasteiger charge is 2.55. The van der Waals surface area contributed by atoms with Crippen molar-refractivity contribution in [1.29, 1.82) is 0 Å². The van der Waals surface area contributed by atoms with E-state index in [1.807, 2.05) is 18.7 Å². The Hall–Kier alpha value is -1.63. The molecule has 2 aliphatic rings. The second kappa shape index (κ2) is 7.08. The van der Waals surface area contributed by atoms with Crippen LogP contribution in [0, 0.1) is 24.2 Å². The maximum Gasteiger partial charge on any atom is 0.418 e. The van der Waals surface area contributed by atoms with Gasteiger partial charge >= 0.3 is 6.18 Å². The molecule has 1 amide bonds. The van der Waals surface area contributed by atoms with Crippen molar-refractivity contribution in [2.75, 3.05) is 19.7 Å². The Kier molecular flexibility index (Phi) is 5.27.